The molecule has 0 aliphatic heterocycles. The summed E-state index contributed by atoms with van der Waals surface area (Å²) >= 11 is 3.82. The summed E-state index contributed by atoms with van der Waals surface area (Å²) in [7, 11) is -1.83. The summed E-state index contributed by atoms with van der Waals surface area (Å²) in [5, 5.41) is 4.36. The van der Waals surface area contributed by atoms with Crippen molar-refractivity contribution < 1.29 is 0 Å². The Morgan fingerprint density at radius 3 is 1.45 bits per heavy atom. The van der Waals surface area contributed by atoms with Gasteiger partial charge < -0.3 is 0 Å². The first kappa shape index (κ1) is 20.4. The van der Waals surface area contributed by atoms with Crippen molar-refractivity contribution >= 4 is 46.3 Å². The van der Waals surface area contributed by atoms with Gasteiger partial charge in [-0.15, -0.1) is 23.1 Å². The van der Waals surface area contributed by atoms with Crippen molar-refractivity contribution in [1.82, 2.24) is 0 Å². The molecular formula is C26H26PS2+. The molecule has 0 fully saturated rings. The Hall–Kier alpha value is -1.86. The van der Waals surface area contributed by atoms with Crippen LogP contribution in [0.25, 0.3) is 0 Å². The van der Waals surface area contributed by atoms with Gasteiger partial charge in [-0.25, -0.2) is 0 Å². The Labute approximate surface area is 183 Å². The topological polar surface area (TPSA) is 0 Å². The second-order valence-electron chi connectivity index (χ2n) is 7.23. The van der Waals surface area contributed by atoms with E-state index in [9.17, 15) is 0 Å². The summed E-state index contributed by atoms with van der Waals surface area (Å²) in [5.74, 6) is 0. The molecule has 0 amide bonds. The molecule has 0 saturated carbocycles. The molecule has 0 saturated heterocycles. The molecule has 0 aliphatic carbocycles. The fourth-order valence-corrected chi connectivity index (χ4v) is 10.7. The van der Waals surface area contributed by atoms with Crippen LogP contribution in [-0.2, 0) is 6.16 Å². The van der Waals surface area contributed by atoms with Crippen molar-refractivity contribution in [3.05, 3.63) is 107 Å². The van der Waals surface area contributed by atoms with Crippen LogP contribution < -0.4 is 15.9 Å². The van der Waals surface area contributed by atoms with Gasteiger partial charge >= 0.3 is 0 Å². The van der Waals surface area contributed by atoms with Crippen LogP contribution in [0.15, 0.2) is 95.2 Å². The summed E-state index contributed by atoms with van der Waals surface area (Å²) in [4.78, 5) is 1.46. The third-order valence-corrected chi connectivity index (χ3v) is 12.4. The maximum atomic E-state index is 2.33. The molecule has 4 rings (SSSR count). The molecule has 0 radical (unpaired) electrons. The summed E-state index contributed by atoms with van der Waals surface area (Å²) in [6, 6.07) is 33.5. The van der Waals surface area contributed by atoms with Gasteiger partial charge in [-0.3, -0.25) is 0 Å². The van der Waals surface area contributed by atoms with Crippen LogP contribution in [0.2, 0.25) is 0 Å². The van der Waals surface area contributed by atoms with Gasteiger partial charge in [0.15, 0.2) is 0 Å². The molecule has 4 aromatic rings. The third-order valence-electron chi connectivity index (χ3n) is 5.60. The Morgan fingerprint density at radius 2 is 1.10 bits per heavy atom. The van der Waals surface area contributed by atoms with E-state index in [0.717, 1.165) is 6.16 Å². The molecule has 0 aliphatic rings. The Bertz CT molecular complexity index is 973. The van der Waals surface area contributed by atoms with Gasteiger partial charge in [0.25, 0.3) is 0 Å². The predicted octanol–water partition coefficient (Wildman–Crippen LogP) is 6.58. The van der Waals surface area contributed by atoms with Gasteiger partial charge in [-0.2, -0.15) is 0 Å². The number of hydrogen-bond donors (Lipinski definition) is 0. The highest BCUT2D eigenvalue weighted by molar-refractivity contribution is 8.00. The average Bonchev–Trinajstić information content (AvgIpc) is 3.06. The van der Waals surface area contributed by atoms with Gasteiger partial charge in [0, 0.05) is 10.4 Å². The van der Waals surface area contributed by atoms with E-state index in [1.54, 1.807) is 0 Å². The minimum Gasteiger partial charge on any atom is -0.134 e. The van der Waals surface area contributed by atoms with Crippen molar-refractivity contribution in [1.29, 1.82) is 0 Å². The van der Waals surface area contributed by atoms with Crippen LogP contribution in [0, 0.1) is 13.8 Å². The van der Waals surface area contributed by atoms with Crippen LogP contribution in [0.4, 0.5) is 0 Å². The largest absolute Gasteiger partial charge is 0.134 e. The molecule has 146 valence electrons. The molecule has 1 heterocycles. The molecule has 0 unspecified atom stereocenters. The second-order valence-corrected chi connectivity index (χ2v) is 13.0. The van der Waals surface area contributed by atoms with Crippen molar-refractivity contribution in [2.75, 3.05) is 6.26 Å². The molecule has 0 nitrogen and oxygen atoms in total. The van der Waals surface area contributed by atoms with E-state index in [1.807, 2.05) is 23.1 Å². The maximum Gasteiger partial charge on any atom is 0.116 e. The molecule has 29 heavy (non-hydrogen) atoms. The Balaban J connectivity index is 2.02. The Morgan fingerprint density at radius 1 is 0.690 bits per heavy atom. The van der Waals surface area contributed by atoms with E-state index in [4.69, 9.17) is 0 Å². The monoisotopic (exact) mass is 433 g/mol. The number of aryl methyl sites for hydroxylation is 1. The normalized spacial score (nSPS) is 11.6. The van der Waals surface area contributed by atoms with E-state index >= 15 is 0 Å². The van der Waals surface area contributed by atoms with Gasteiger partial charge in [0.05, 0.1) is 10.4 Å². The number of benzene rings is 3. The lowest BCUT2D eigenvalue weighted by Gasteiger charge is -2.28. The highest BCUT2D eigenvalue weighted by Crippen LogP contribution is 2.59. The van der Waals surface area contributed by atoms with Gasteiger partial charge in [-0.05, 0) is 62.1 Å². The molecule has 0 bridgehead atoms. The molecule has 0 atom stereocenters. The quantitative estimate of drug-likeness (QED) is 0.244. The Kier molecular flexibility index (Phi) is 6.25. The standard InChI is InChI=1S/C26H26PS2/c1-20-25(21(2)29-26(20)28-3)19-27(22-13-7-4-8-14-22,23-15-9-5-10-16-23)24-17-11-6-12-18-24/h4-18H,19H2,1-3H3/q+1. The summed E-state index contributed by atoms with van der Waals surface area (Å²) in [5.41, 5.74) is 3.00. The molecule has 3 aromatic carbocycles. The molecule has 3 heteroatoms. The van der Waals surface area contributed by atoms with Crippen LogP contribution in [-0.4, -0.2) is 6.26 Å². The van der Waals surface area contributed by atoms with Gasteiger partial charge in [-0.1, -0.05) is 54.6 Å². The smallest absolute Gasteiger partial charge is 0.116 e. The second kappa shape index (κ2) is 8.88. The lowest BCUT2D eigenvalue weighted by Crippen LogP contribution is -2.32. The zero-order chi connectivity index (χ0) is 20.3. The van der Waals surface area contributed by atoms with Gasteiger partial charge in [0.2, 0.25) is 0 Å². The lowest BCUT2D eigenvalue weighted by atomic mass is 10.2. The van der Waals surface area contributed by atoms with Crippen molar-refractivity contribution in [2.24, 2.45) is 0 Å². The van der Waals surface area contributed by atoms with Crippen molar-refractivity contribution in [3.63, 3.8) is 0 Å². The van der Waals surface area contributed by atoms with Crippen LogP contribution in [0.5, 0.6) is 0 Å². The van der Waals surface area contributed by atoms with Crippen molar-refractivity contribution in [3.8, 4) is 0 Å². The highest BCUT2D eigenvalue weighted by atomic mass is 32.2. The molecular weight excluding hydrogens is 407 g/mol. The van der Waals surface area contributed by atoms with E-state index in [0.29, 0.717) is 0 Å². The summed E-state index contributed by atoms with van der Waals surface area (Å²) in [6.07, 6.45) is 3.26. The maximum absolute atomic E-state index is 2.33. The number of hydrogen-bond acceptors (Lipinski definition) is 2. The fraction of sp³-hybridized carbons (Fsp3) is 0.154. The van der Waals surface area contributed by atoms with E-state index in [2.05, 4.69) is 111 Å². The molecule has 0 spiro atoms. The number of thioether (sulfide) groups is 1. The molecule has 0 N–H and O–H groups in total. The number of rotatable bonds is 6. The van der Waals surface area contributed by atoms with Crippen molar-refractivity contribution in [2.45, 2.75) is 24.2 Å². The fourth-order valence-electron chi connectivity index (χ4n) is 4.09. The zero-order valence-corrected chi connectivity index (χ0v) is 19.7. The van der Waals surface area contributed by atoms with E-state index in [1.165, 1.54) is 36.1 Å². The lowest BCUT2D eigenvalue weighted by molar-refractivity contribution is 1.26. The van der Waals surface area contributed by atoms with E-state index in [-0.39, 0.29) is 0 Å². The minimum atomic E-state index is -1.83. The third kappa shape index (κ3) is 3.82. The first-order chi connectivity index (χ1) is 14.2. The SMILES string of the molecule is CSc1sc(C)c(C[P+](c2ccccc2)(c2ccccc2)c2ccccc2)c1C. The number of thiophene rings is 1. The minimum absolute atomic E-state index is 1.07. The predicted molar refractivity (Wildman–Crippen MR) is 134 cm³/mol. The van der Waals surface area contributed by atoms with Crippen LogP contribution in [0.3, 0.4) is 0 Å². The summed E-state index contributed by atoms with van der Waals surface area (Å²) in [6.45, 7) is 4.60. The van der Waals surface area contributed by atoms with E-state index < -0.39 is 7.26 Å². The first-order valence-corrected chi connectivity index (χ1v) is 13.9. The van der Waals surface area contributed by atoms with Crippen LogP contribution in [0.1, 0.15) is 16.0 Å². The highest BCUT2D eigenvalue weighted by Gasteiger charge is 2.46. The van der Waals surface area contributed by atoms with Crippen LogP contribution >= 0.6 is 30.4 Å². The molecule has 1 aromatic heterocycles. The average molecular weight is 434 g/mol. The summed E-state index contributed by atoms with van der Waals surface area (Å²) < 4.78 is 1.45. The van der Waals surface area contributed by atoms with Gasteiger partial charge in [0.1, 0.15) is 23.2 Å². The zero-order valence-electron chi connectivity index (χ0n) is 17.1. The first-order valence-electron chi connectivity index (χ1n) is 9.84.